The second-order valence-electron chi connectivity index (χ2n) is 4.16. The molecule has 1 N–H and O–H groups in total. The highest BCUT2D eigenvalue weighted by molar-refractivity contribution is 5.95. The first-order chi connectivity index (χ1) is 7.06. The van der Waals surface area contributed by atoms with Gasteiger partial charge in [-0.05, 0) is 6.92 Å². The van der Waals surface area contributed by atoms with E-state index in [1.807, 2.05) is 0 Å². The average Bonchev–Trinajstić information content (AvgIpc) is 2.80. The van der Waals surface area contributed by atoms with Crippen molar-refractivity contribution < 1.29 is 24.2 Å². The Morgan fingerprint density at radius 3 is 2.87 bits per heavy atom. The van der Waals surface area contributed by atoms with Gasteiger partial charge >= 0.3 is 5.97 Å². The van der Waals surface area contributed by atoms with Crippen molar-refractivity contribution in [2.75, 3.05) is 0 Å². The number of carbonyl (C=O) groups is 2. The Kier molecular flexibility index (Phi) is 2.75. The zero-order valence-corrected chi connectivity index (χ0v) is 8.51. The Labute approximate surface area is 87.4 Å². The SMILES string of the molecule is C[13C@@H]1C[13C@@H]2O[C@@H]2[13C@H](O)C[13C](=O)C[13C](=O)O1. The molecule has 0 aromatic rings. The number of Topliss-reactive ketones (excluding diaryl/α,β-unsaturated/α-hetero) is 1. The van der Waals surface area contributed by atoms with E-state index in [4.69, 9.17) is 9.47 Å². The number of aliphatic hydroxyl groups is 1. The third-order valence-electron chi connectivity index (χ3n) is 2.68. The highest BCUT2D eigenvalue weighted by Crippen LogP contribution is 2.32. The Balaban J connectivity index is 2.02. The molecule has 0 saturated carbocycles. The molecule has 0 amide bonds. The number of aliphatic hydroxyl groups excluding tert-OH is 1. The third-order valence-corrected chi connectivity index (χ3v) is 2.68. The molecule has 2 aliphatic heterocycles. The largest absolute Gasteiger partial charge is 0.462 e. The molecule has 2 heterocycles. The van der Waals surface area contributed by atoms with Gasteiger partial charge in [0.05, 0.1) is 12.2 Å². The first kappa shape index (κ1) is 10.6. The maximum atomic E-state index is 11.3. The minimum absolute atomic E-state index is 0.0232. The Bertz CT molecular complexity index is 288. The lowest BCUT2D eigenvalue weighted by atomic mass is 10.5. The molecule has 0 spiro atoms. The fourth-order valence-electron chi connectivity index (χ4n) is 1.91. The number of ether oxygens (including phenoxy) is 2. The van der Waals surface area contributed by atoms with E-state index in [1.165, 1.54) is 0 Å². The van der Waals surface area contributed by atoms with Crippen LogP contribution in [-0.4, -0.2) is 41.3 Å². The molecule has 5 heteroatoms. The van der Waals surface area contributed by atoms with Crippen LogP contribution in [0.3, 0.4) is 0 Å². The number of esters is 1. The molecule has 4 atom stereocenters. The van der Waals surface area contributed by atoms with Gasteiger partial charge in [0.2, 0.25) is 0 Å². The number of carbonyl (C=O) groups excluding carboxylic acids is 2. The van der Waals surface area contributed by atoms with Crippen LogP contribution in [0, 0.1) is 0 Å². The molecule has 2 aliphatic rings. The van der Waals surface area contributed by atoms with Crippen LogP contribution in [0.1, 0.15) is 26.2 Å². The van der Waals surface area contributed by atoms with Crippen molar-refractivity contribution in [3.8, 4) is 0 Å². The summed E-state index contributed by atoms with van der Waals surface area (Å²) in [5.41, 5.74) is 0. The summed E-state index contributed by atoms with van der Waals surface area (Å²) in [6.45, 7) is 1.76. The Morgan fingerprint density at radius 2 is 2.13 bits per heavy atom. The summed E-state index contributed by atoms with van der Waals surface area (Å²) in [5.74, 6) is -0.811. The molecule has 0 aromatic heterocycles. The standard InChI is InChI=1S/C10H14O5/c1-5-2-8-10(15-8)7(12)3-6(11)4-9(13)14-5/h5,7-8,10,12H,2-4H2,1H3/t5-,7-,8+,10-/m1/s1/i5+1,6+1,7+1,8+1,9+1. The van der Waals surface area contributed by atoms with Gasteiger partial charge in [-0.15, -0.1) is 0 Å². The molecule has 15 heavy (non-hydrogen) atoms. The Hall–Kier alpha value is -0.940. The van der Waals surface area contributed by atoms with Gasteiger partial charge in [-0.1, -0.05) is 0 Å². The summed E-state index contributed by atoms with van der Waals surface area (Å²) < 4.78 is 10.2. The zero-order valence-electron chi connectivity index (χ0n) is 8.51. The minimum Gasteiger partial charge on any atom is -0.462 e. The van der Waals surface area contributed by atoms with Crippen LogP contribution in [0.4, 0.5) is 0 Å². The van der Waals surface area contributed by atoms with Gasteiger partial charge in [0.15, 0.2) is 0 Å². The van der Waals surface area contributed by atoms with Crippen molar-refractivity contribution in [3.05, 3.63) is 0 Å². The maximum absolute atomic E-state index is 11.3. The highest BCUT2D eigenvalue weighted by atomic mass is 16.7. The number of hydrogen-bond donors (Lipinski definition) is 1. The van der Waals surface area contributed by atoms with Crippen molar-refractivity contribution in [1.29, 1.82) is 0 Å². The normalized spacial score (nSPS) is 41.7. The van der Waals surface area contributed by atoms with Gasteiger partial charge in [0.1, 0.15) is 24.4 Å². The predicted octanol–water partition coefficient (Wildman–Crippen LogP) is -0.201. The second-order valence-corrected chi connectivity index (χ2v) is 4.16. The maximum Gasteiger partial charge on any atom is 0.313 e. The van der Waals surface area contributed by atoms with E-state index in [-0.39, 0.29) is 36.9 Å². The van der Waals surface area contributed by atoms with Crippen molar-refractivity contribution in [1.82, 2.24) is 0 Å². The monoisotopic (exact) mass is 219 g/mol. The van der Waals surface area contributed by atoms with Gasteiger partial charge in [0, 0.05) is 12.8 Å². The Morgan fingerprint density at radius 1 is 1.40 bits per heavy atom. The predicted molar refractivity (Wildman–Crippen MR) is 49.1 cm³/mol. The van der Waals surface area contributed by atoms with Crippen LogP contribution in [-0.2, 0) is 19.1 Å². The van der Waals surface area contributed by atoms with Gasteiger partial charge in [0.25, 0.3) is 0 Å². The molecule has 2 fully saturated rings. The van der Waals surface area contributed by atoms with E-state index < -0.39 is 12.1 Å². The number of epoxide rings is 1. The summed E-state index contributed by atoms with van der Waals surface area (Å²) in [4.78, 5) is 22.5. The van der Waals surface area contributed by atoms with Crippen LogP contribution in [0.5, 0.6) is 0 Å². The first-order valence-electron chi connectivity index (χ1n) is 5.11. The fraction of sp³-hybridized carbons (Fsp3) is 0.800. The lowest BCUT2D eigenvalue weighted by molar-refractivity contribution is -0.150. The zero-order chi connectivity index (χ0) is 11.0. The molecule has 0 bridgehead atoms. The molecule has 0 unspecified atom stereocenters. The van der Waals surface area contributed by atoms with E-state index >= 15 is 0 Å². The highest BCUT2D eigenvalue weighted by Gasteiger charge is 2.46. The number of fused-ring (bicyclic) bond motifs is 1. The van der Waals surface area contributed by atoms with Gasteiger partial charge < -0.3 is 14.6 Å². The van der Waals surface area contributed by atoms with Crippen molar-refractivity contribution in [2.24, 2.45) is 0 Å². The summed E-state index contributed by atoms with van der Waals surface area (Å²) in [7, 11) is 0. The molecular formula is C10H14O5. The molecular weight excluding hydrogens is 205 g/mol. The molecule has 0 aliphatic carbocycles. The smallest absolute Gasteiger partial charge is 0.313 e. The average molecular weight is 219 g/mol. The lowest BCUT2D eigenvalue weighted by Crippen LogP contribution is -2.27. The van der Waals surface area contributed by atoms with Crippen LogP contribution in [0.2, 0.25) is 0 Å². The quantitative estimate of drug-likeness (QED) is 0.264. The van der Waals surface area contributed by atoms with E-state index in [9.17, 15) is 14.7 Å². The van der Waals surface area contributed by atoms with E-state index in [0.29, 0.717) is 6.42 Å². The van der Waals surface area contributed by atoms with E-state index in [0.717, 1.165) is 0 Å². The number of rotatable bonds is 0. The molecule has 0 radical (unpaired) electrons. The minimum atomic E-state index is -0.777. The molecule has 2 rings (SSSR count). The summed E-state index contributed by atoms with van der Waals surface area (Å²) in [5, 5.41) is 9.59. The molecule has 84 valence electrons. The van der Waals surface area contributed by atoms with Gasteiger partial charge in [-0.2, -0.15) is 0 Å². The van der Waals surface area contributed by atoms with E-state index in [1.54, 1.807) is 6.92 Å². The van der Waals surface area contributed by atoms with Gasteiger partial charge in [-0.3, -0.25) is 9.59 Å². The molecule has 2 saturated heterocycles. The van der Waals surface area contributed by atoms with E-state index in [2.05, 4.69) is 0 Å². The molecule has 5 nitrogen and oxygen atoms in total. The van der Waals surface area contributed by atoms with Crippen molar-refractivity contribution in [3.63, 3.8) is 0 Å². The number of ketones is 1. The summed E-state index contributed by atoms with van der Waals surface area (Å²) >= 11 is 0. The summed E-state index contributed by atoms with van der Waals surface area (Å²) in [6, 6.07) is 0. The first-order valence-corrected chi connectivity index (χ1v) is 5.11. The summed E-state index contributed by atoms with van der Waals surface area (Å²) in [6.07, 6.45) is -1.06. The lowest BCUT2D eigenvalue weighted by Gasteiger charge is -2.14. The van der Waals surface area contributed by atoms with Crippen LogP contribution < -0.4 is 0 Å². The van der Waals surface area contributed by atoms with Crippen LogP contribution >= 0.6 is 0 Å². The topological polar surface area (TPSA) is 76.1 Å². The molecule has 0 aromatic carbocycles. The number of hydrogen-bond acceptors (Lipinski definition) is 5. The van der Waals surface area contributed by atoms with Crippen molar-refractivity contribution >= 4 is 11.8 Å². The third kappa shape index (κ3) is 2.54. The van der Waals surface area contributed by atoms with Crippen LogP contribution in [0.25, 0.3) is 0 Å². The number of cyclic esters (lactones) is 1. The second kappa shape index (κ2) is 3.90. The van der Waals surface area contributed by atoms with Crippen LogP contribution in [0.15, 0.2) is 0 Å². The van der Waals surface area contributed by atoms with Crippen molar-refractivity contribution in [2.45, 2.75) is 50.6 Å². The fourth-order valence-corrected chi connectivity index (χ4v) is 1.91. The van der Waals surface area contributed by atoms with Gasteiger partial charge in [-0.25, -0.2) is 0 Å².